The number of methoxy groups -OCH3 is 1. The molecule has 0 aliphatic carbocycles. The Morgan fingerprint density at radius 3 is 2.53 bits per heavy atom. The maximum atomic E-state index is 5.89. The highest BCUT2D eigenvalue weighted by Gasteiger charge is 2.14. The van der Waals surface area contributed by atoms with Crippen LogP contribution in [0.3, 0.4) is 0 Å². The van der Waals surface area contributed by atoms with Crippen LogP contribution in [-0.4, -0.2) is 13.7 Å². The molecule has 0 heterocycles. The second-order valence-corrected chi connectivity index (χ2v) is 5.01. The van der Waals surface area contributed by atoms with E-state index in [9.17, 15) is 0 Å². The van der Waals surface area contributed by atoms with Crippen molar-refractivity contribution in [1.82, 2.24) is 0 Å². The van der Waals surface area contributed by atoms with Gasteiger partial charge in [0, 0.05) is 22.3 Å². The van der Waals surface area contributed by atoms with Crippen molar-refractivity contribution in [3.63, 3.8) is 0 Å². The fraction of sp³-hybridized carbons (Fsp3) is 0.200. The van der Waals surface area contributed by atoms with E-state index in [1.807, 2.05) is 48.5 Å². The van der Waals surface area contributed by atoms with Crippen LogP contribution < -0.4 is 15.8 Å². The van der Waals surface area contributed by atoms with Gasteiger partial charge in [-0.1, -0.05) is 30.3 Å². The Labute approximate surface area is 121 Å². The van der Waals surface area contributed by atoms with Crippen LogP contribution in [0.4, 0.5) is 5.69 Å². The molecule has 3 nitrogen and oxygen atoms in total. The molecule has 0 aliphatic heterocycles. The molecule has 0 saturated carbocycles. The van der Waals surface area contributed by atoms with Crippen LogP contribution in [-0.2, 0) is 0 Å². The maximum absolute atomic E-state index is 5.89. The Morgan fingerprint density at radius 2 is 1.84 bits per heavy atom. The third-order valence-electron chi connectivity index (χ3n) is 2.95. The highest BCUT2D eigenvalue weighted by Crippen LogP contribution is 2.30. The number of ether oxygens (including phenoxy) is 1. The summed E-state index contributed by atoms with van der Waals surface area (Å²) in [5.41, 5.74) is 7.97. The molecule has 1 atom stereocenters. The summed E-state index contributed by atoms with van der Waals surface area (Å²) >= 11 is 3.53. The molecule has 19 heavy (non-hydrogen) atoms. The van der Waals surface area contributed by atoms with Gasteiger partial charge < -0.3 is 15.8 Å². The summed E-state index contributed by atoms with van der Waals surface area (Å²) in [6.07, 6.45) is 0. The van der Waals surface area contributed by atoms with Crippen molar-refractivity contribution in [3.8, 4) is 5.75 Å². The molecular formula is C15H17BrN2O. The lowest BCUT2D eigenvalue weighted by Crippen LogP contribution is -2.21. The van der Waals surface area contributed by atoms with Gasteiger partial charge in [0.25, 0.3) is 0 Å². The zero-order chi connectivity index (χ0) is 13.7. The maximum Gasteiger partial charge on any atom is 0.124 e. The van der Waals surface area contributed by atoms with E-state index >= 15 is 0 Å². The largest absolute Gasteiger partial charge is 0.496 e. The second kappa shape index (κ2) is 6.59. The smallest absolute Gasteiger partial charge is 0.124 e. The van der Waals surface area contributed by atoms with Crippen LogP contribution in [0, 0.1) is 0 Å². The zero-order valence-electron chi connectivity index (χ0n) is 10.8. The number of nitrogens with one attached hydrogen (secondary N) is 1. The Kier molecular flexibility index (Phi) is 4.82. The van der Waals surface area contributed by atoms with Gasteiger partial charge in [-0.15, -0.1) is 0 Å². The summed E-state index contributed by atoms with van der Waals surface area (Å²) in [6, 6.07) is 15.9. The topological polar surface area (TPSA) is 47.3 Å². The monoisotopic (exact) mass is 320 g/mol. The molecule has 100 valence electrons. The number of para-hydroxylation sites is 2. The number of rotatable bonds is 5. The summed E-state index contributed by atoms with van der Waals surface area (Å²) in [5, 5.41) is 3.44. The molecule has 2 rings (SSSR count). The molecule has 2 aromatic carbocycles. The molecule has 2 aromatic rings. The minimum absolute atomic E-state index is 0.00912. The van der Waals surface area contributed by atoms with Gasteiger partial charge in [-0.05, 0) is 34.1 Å². The molecule has 3 N–H and O–H groups in total. The molecular weight excluding hydrogens is 304 g/mol. The van der Waals surface area contributed by atoms with Crippen molar-refractivity contribution in [2.24, 2.45) is 5.73 Å². The average molecular weight is 321 g/mol. The Morgan fingerprint density at radius 1 is 1.16 bits per heavy atom. The Balaban J connectivity index is 2.28. The first-order valence-corrected chi connectivity index (χ1v) is 6.89. The first-order chi connectivity index (χ1) is 9.26. The predicted molar refractivity (Wildman–Crippen MR) is 82.6 cm³/mol. The molecule has 0 amide bonds. The number of anilines is 1. The van der Waals surface area contributed by atoms with Gasteiger partial charge in [0.15, 0.2) is 0 Å². The van der Waals surface area contributed by atoms with Crippen molar-refractivity contribution in [2.45, 2.75) is 6.04 Å². The van der Waals surface area contributed by atoms with Crippen molar-refractivity contribution in [3.05, 3.63) is 58.6 Å². The standard InChI is InChI=1S/C15H17BrN2O/c1-19-15-9-5-2-6-11(15)14(10-17)18-13-8-4-3-7-12(13)16/h2-9,14,18H,10,17H2,1H3. The van der Waals surface area contributed by atoms with E-state index < -0.39 is 0 Å². The lowest BCUT2D eigenvalue weighted by Gasteiger charge is -2.21. The molecule has 0 radical (unpaired) electrons. The van der Waals surface area contributed by atoms with Crippen LogP contribution in [0.2, 0.25) is 0 Å². The summed E-state index contributed by atoms with van der Waals surface area (Å²) in [7, 11) is 1.67. The van der Waals surface area contributed by atoms with Gasteiger partial charge in [0.2, 0.25) is 0 Å². The van der Waals surface area contributed by atoms with Crippen LogP contribution in [0.5, 0.6) is 5.75 Å². The van der Waals surface area contributed by atoms with Gasteiger partial charge in [-0.25, -0.2) is 0 Å². The fourth-order valence-electron chi connectivity index (χ4n) is 1.98. The van der Waals surface area contributed by atoms with Gasteiger partial charge in [-0.3, -0.25) is 0 Å². The van der Waals surface area contributed by atoms with Crippen molar-refractivity contribution < 1.29 is 4.74 Å². The minimum Gasteiger partial charge on any atom is -0.496 e. The van der Waals surface area contributed by atoms with Crippen molar-refractivity contribution in [2.75, 3.05) is 19.0 Å². The Hall–Kier alpha value is -1.52. The van der Waals surface area contributed by atoms with E-state index in [1.165, 1.54) is 0 Å². The van der Waals surface area contributed by atoms with Crippen LogP contribution in [0.1, 0.15) is 11.6 Å². The van der Waals surface area contributed by atoms with E-state index in [4.69, 9.17) is 10.5 Å². The van der Waals surface area contributed by atoms with Crippen LogP contribution in [0.15, 0.2) is 53.0 Å². The molecule has 0 saturated heterocycles. The molecule has 1 unspecified atom stereocenters. The fourth-order valence-corrected chi connectivity index (χ4v) is 2.38. The quantitative estimate of drug-likeness (QED) is 0.885. The summed E-state index contributed by atoms with van der Waals surface area (Å²) in [6.45, 7) is 0.488. The van der Waals surface area contributed by atoms with Gasteiger partial charge in [0.05, 0.1) is 13.2 Å². The minimum atomic E-state index is 0.00912. The van der Waals surface area contributed by atoms with E-state index in [1.54, 1.807) is 7.11 Å². The van der Waals surface area contributed by atoms with Crippen molar-refractivity contribution >= 4 is 21.6 Å². The summed E-state index contributed by atoms with van der Waals surface area (Å²) < 4.78 is 6.41. The Bertz CT molecular complexity index is 545. The van der Waals surface area contributed by atoms with E-state index in [-0.39, 0.29) is 6.04 Å². The number of hydrogen-bond acceptors (Lipinski definition) is 3. The number of halogens is 1. The lowest BCUT2D eigenvalue weighted by molar-refractivity contribution is 0.407. The van der Waals surface area contributed by atoms with Gasteiger partial charge in [0.1, 0.15) is 5.75 Å². The average Bonchev–Trinajstić information content (AvgIpc) is 2.46. The number of benzene rings is 2. The SMILES string of the molecule is COc1ccccc1C(CN)Nc1ccccc1Br. The number of hydrogen-bond donors (Lipinski definition) is 2. The van der Waals surface area contributed by atoms with Crippen molar-refractivity contribution in [1.29, 1.82) is 0 Å². The normalized spacial score (nSPS) is 11.9. The lowest BCUT2D eigenvalue weighted by atomic mass is 10.1. The molecule has 0 fully saturated rings. The van der Waals surface area contributed by atoms with E-state index in [2.05, 4.69) is 21.2 Å². The molecule has 0 aliphatic rings. The zero-order valence-corrected chi connectivity index (χ0v) is 12.4. The first kappa shape index (κ1) is 13.9. The third kappa shape index (κ3) is 3.28. The van der Waals surface area contributed by atoms with E-state index in [0.29, 0.717) is 6.54 Å². The molecule has 4 heteroatoms. The molecule has 0 aromatic heterocycles. The van der Waals surface area contributed by atoms with Crippen LogP contribution in [0.25, 0.3) is 0 Å². The highest BCUT2D eigenvalue weighted by molar-refractivity contribution is 9.10. The summed E-state index contributed by atoms with van der Waals surface area (Å²) in [5.74, 6) is 0.845. The first-order valence-electron chi connectivity index (χ1n) is 6.10. The predicted octanol–water partition coefficient (Wildman–Crippen LogP) is 3.57. The number of nitrogens with two attached hydrogens (primary N) is 1. The van der Waals surface area contributed by atoms with E-state index in [0.717, 1.165) is 21.5 Å². The third-order valence-corrected chi connectivity index (χ3v) is 3.65. The van der Waals surface area contributed by atoms with Gasteiger partial charge >= 0.3 is 0 Å². The second-order valence-electron chi connectivity index (χ2n) is 4.15. The highest BCUT2D eigenvalue weighted by atomic mass is 79.9. The molecule has 0 spiro atoms. The van der Waals surface area contributed by atoms with Gasteiger partial charge in [-0.2, -0.15) is 0 Å². The summed E-state index contributed by atoms with van der Waals surface area (Å²) in [4.78, 5) is 0. The molecule has 0 bridgehead atoms. The van der Waals surface area contributed by atoms with Crippen LogP contribution >= 0.6 is 15.9 Å².